The summed E-state index contributed by atoms with van der Waals surface area (Å²) in [7, 11) is -2.23. The van der Waals surface area contributed by atoms with Gasteiger partial charge in [-0.3, -0.25) is 4.79 Å². The number of halogens is 1. The highest BCUT2D eigenvalue weighted by atomic mass is 32.2. The molecular formula is C24H30FN3O4S. The molecule has 9 heteroatoms. The number of benzene rings is 2. The van der Waals surface area contributed by atoms with Crippen LogP contribution in [0.25, 0.3) is 0 Å². The van der Waals surface area contributed by atoms with Gasteiger partial charge in [0.1, 0.15) is 16.5 Å². The van der Waals surface area contributed by atoms with Crippen molar-refractivity contribution in [1.82, 2.24) is 9.21 Å². The molecule has 2 aliphatic rings. The third-order valence-electron chi connectivity index (χ3n) is 6.52. The van der Waals surface area contributed by atoms with E-state index in [1.165, 1.54) is 23.5 Å². The summed E-state index contributed by atoms with van der Waals surface area (Å²) in [5.74, 6) is -0.00763. The van der Waals surface area contributed by atoms with E-state index in [1.54, 1.807) is 24.3 Å². The molecule has 0 saturated carbocycles. The first-order valence-electron chi connectivity index (χ1n) is 11.2. The maximum absolute atomic E-state index is 13.2. The predicted molar refractivity (Wildman–Crippen MR) is 124 cm³/mol. The number of sulfonamides is 1. The Morgan fingerprint density at radius 2 is 1.61 bits per heavy atom. The minimum atomic E-state index is -3.69. The Balaban J connectivity index is 1.34. The molecule has 0 spiro atoms. The smallest absolute Gasteiger partial charge is 0.246 e. The highest BCUT2D eigenvalue weighted by Gasteiger charge is 2.35. The normalized spacial score (nSPS) is 18.4. The quantitative estimate of drug-likeness (QED) is 0.665. The monoisotopic (exact) mass is 475 g/mol. The molecule has 7 nitrogen and oxygen atoms in total. The van der Waals surface area contributed by atoms with E-state index in [9.17, 15) is 17.6 Å². The molecule has 1 amide bonds. The van der Waals surface area contributed by atoms with Gasteiger partial charge in [0, 0.05) is 50.9 Å². The highest BCUT2D eigenvalue weighted by molar-refractivity contribution is 7.89. The van der Waals surface area contributed by atoms with Gasteiger partial charge in [-0.25, -0.2) is 12.8 Å². The number of piperidine rings is 1. The predicted octanol–water partition coefficient (Wildman–Crippen LogP) is 2.89. The van der Waals surface area contributed by atoms with Crippen LogP contribution in [0.1, 0.15) is 18.4 Å². The third kappa shape index (κ3) is 4.99. The standard InChI is InChI=1S/C24H30FN3O4S/c1-18-3-8-22(32-2)23(17-18)33(30,31)28-11-9-19(10-12-28)24(29)27-15-13-26(14-16-27)21-6-4-20(25)5-7-21/h3-8,17,19H,9-16H2,1-2H3. The van der Waals surface area contributed by atoms with Crippen molar-refractivity contribution >= 4 is 21.6 Å². The summed E-state index contributed by atoms with van der Waals surface area (Å²) in [5.41, 5.74) is 1.80. The SMILES string of the molecule is COc1ccc(C)cc1S(=O)(=O)N1CCC(C(=O)N2CCN(c3ccc(F)cc3)CC2)CC1. The molecule has 0 aromatic heterocycles. The molecule has 0 bridgehead atoms. The molecule has 2 aromatic rings. The summed E-state index contributed by atoms with van der Waals surface area (Å²) < 4.78 is 46.3. The lowest BCUT2D eigenvalue weighted by atomic mass is 9.96. The minimum Gasteiger partial charge on any atom is -0.495 e. The zero-order valence-corrected chi connectivity index (χ0v) is 19.9. The van der Waals surface area contributed by atoms with Crippen LogP contribution < -0.4 is 9.64 Å². The highest BCUT2D eigenvalue weighted by Crippen LogP contribution is 2.31. The summed E-state index contributed by atoms with van der Waals surface area (Å²) >= 11 is 0. The number of methoxy groups -OCH3 is 1. The van der Waals surface area contributed by atoms with Gasteiger partial charge in [-0.1, -0.05) is 6.07 Å². The minimum absolute atomic E-state index is 0.0962. The van der Waals surface area contributed by atoms with Crippen LogP contribution in [-0.4, -0.2) is 69.9 Å². The molecule has 2 heterocycles. The number of hydrogen-bond acceptors (Lipinski definition) is 5. The van der Waals surface area contributed by atoms with Crippen molar-refractivity contribution < 1.29 is 22.3 Å². The van der Waals surface area contributed by atoms with Crippen LogP contribution in [0.2, 0.25) is 0 Å². The Kier molecular flexibility index (Phi) is 6.90. The van der Waals surface area contributed by atoms with Gasteiger partial charge in [0.05, 0.1) is 7.11 Å². The molecule has 0 atom stereocenters. The molecule has 0 unspecified atom stereocenters. The first-order chi connectivity index (χ1) is 15.8. The number of ether oxygens (including phenoxy) is 1. The fourth-order valence-corrected chi connectivity index (χ4v) is 6.27. The van der Waals surface area contributed by atoms with Gasteiger partial charge in [0.2, 0.25) is 15.9 Å². The molecule has 0 radical (unpaired) electrons. The van der Waals surface area contributed by atoms with Crippen molar-refractivity contribution in [2.75, 3.05) is 51.3 Å². The molecule has 178 valence electrons. The van der Waals surface area contributed by atoms with Crippen molar-refractivity contribution in [3.05, 3.63) is 53.8 Å². The molecule has 0 aliphatic carbocycles. The van der Waals surface area contributed by atoms with Crippen LogP contribution in [0, 0.1) is 18.7 Å². The molecule has 2 aliphatic heterocycles. The van der Waals surface area contributed by atoms with Crippen molar-refractivity contribution in [1.29, 1.82) is 0 Å². The third-order valence-corrected chi connectivity index (χ3v) is 8.44. The number of nitrogens with zero attached hydrogens (tertiary/aromatic N) is 3. The lowest BCUT2D eigenvalue weighted by Gasteiger charge is -2.39. The van der Waals surface area contributed by atoms with Crippen LogP contribution in [0.4, 0.5) is 10.1 Å². The zero-order valence-electron chi connectivity index (χ0n) is 19.0. The molecule has 2 fully saturated rings. The van der Waals surface area contributed by atoms with E-state index in [4.69, 9.17) is 4.74 Å². The number of hydrogen-bond donors (Lipinski definition) is 0. The van der Waals surface area contributed by atoms with Crippen LogP contribution in [0.3, 0.4) is 0 Å². The number of amides is 1. The van der Waals surface area contributed by atoms with E-state index < -0.39 is 10.0 Å². The fourth-order valence-electron chi connectivity index (χ4n) is 4.56. The maximum atomic E-state index is 13.2. The summed E-state index contributed by atoms with van der Waals surface area (Å²) in [6, 6.07) is 11.5. The Hall–Kier alpha value is -2.65. The van der Waals surface area contributed by atoms with Gasteiger partial charge < -0.3 is 14.5 Å². The fraction of sp³-hybridized carbons (Fsp3) is 0.458. The maximum Gasteiger partial charge on any atom is 0.246 e. The average Bonchev–Trinajstić information content (AvgIpc) is 2.84. The first-order valence-corrected chi connectivity index (χ1v) is 12.7. The van der Waals surface area contributed by atoms with Gasteiger partial charge >= 0.3 is 0 Å². The van der Waals surface area contributed by atoms with E-state index in [0.29, 0.717) is 57.9 Å². The average molecular weight is 476 g/mol. The number of aryl methyl sites for hydroxylation is 1. The van der Waals surface area contributed by atoms with E-state index in [1.807, 2.05) is 17.9 Å². The van der Waals surface area contributed by atoms with Gasteiger partial charge in [0.15, 0.2) is 0 Å². The van der Waals surface area contributed by atoms with Gasteiger partial charge in [-0.15, -0.1) is 0 Å². The Morgan fingerprint density at radius 1 is 0.970 bits per heavy atom. The number of piperazine rings is 1. The van der Waals surface area contributed by atoms with Gasteiger partial charge in [-0.05, 0) is 61.7 Å². The lowest BCUT2D eigenvalue weighted by molar-refractivity contribution is -0.137. The van der Waals surface area contributed by atoms with Crippen molar-refractivity contribution in [3.8, 4) is 5.75 Å². The molecule has 4 rings (SSSR count). The second-order valence-electron chi connectivity index (χ2n) is 8.62. The van der Waals surface area contributed by atoms with E-state index in [0.717, 1.165) is 11.3 Å². The van der Waals surface area contributed by atoms with Crippen molar-refractivity contribution in [2.45, 2.75) is 24.7 Å². The second-order valence-corrected chi connectivity index (χ2v) is 10.5. The largest absolute Gasteiger partial charge is 0.495 e. The first kappa shape index (κ1) is 23.5. The van der Waals surface area contributed by atoms with E-state index >= 15 is 0 Å². The summed E-state index contributed by atoms with van der Waals surface area (Å²) in [4.78, 5) is 17.3. The topological polar surface area (TPSA) is 70.2 Å². The van der Waals surface area contributed by atoms with Crippen LogP contribution in [-0.2, 0) is 14.8 Å². The van der Waals surface area contributed by atoms with Gasteiger partial charge in [-0.2, -0.15) is 4.31 Å². The van der Waals surface area contributed by atoms with Crippen molar-refractivity contribution in [2.24, 2.45) is 5.92 Å². The summed E-state index contributed by atoms with van der Waals surface area (Å²) in [6.45, 7) is 5.07. The van der Waals surface area contributed by atoms with Gasteiger partial charge in [0.25, 0.3) is 0 Å². The molecular weight excluding hydrogens is 445 g/mol. The Labute approximate surface area is 194 Å². The summed E-state index contributed by atoms with van der Waals surface area (Å²) in [5, 5.41) is 0. The Bertz CT molecular complexity index is 1090. The van der Waals surface area contributed by atoms with Crippen LogP contribution in [0.5, 0.6) is 5.75 Å². The van der Waals surface area contributed by atoms with E-state index in [2.05, 4.69) is 4.90 Å². The molecule has 2 aromatic carbocycles. The van der Waals surface area contributed by atoms with E-state index in [-0.39, 0.29) is 22.5 Å². The molecule has 0 N–H and O–H groups in total. The number of anilines is 1. The van der Waals surface area contributed by atoms with Crippen LogP contribution in [0.15, 0.2) is 47.4 Å². The number of rotatable bonds is 5. The Morgan fingerprint density at radius 3 is 2.21 bits per heavy atom. The number of carbonyl (C=O) groups excluding carboxylic acids is 1. The summed E-state index contributed by atoms with van der Waals surface area (Å²) in [6.07, 6.45) is 1.01. The molecule has 33 heavy (non-hydrogen) atoms. The lowest BCUT2D eigenvalue weighted by Crippen LogP contribution is -2.52. The molecule has 2 saturated heterocycles. The zero-order chi connectivity index (χ0) is 23.6. The van der Waals surface area contributed by atoms with Crippen molar-refractivity contribution in [3.63, 3.8) is 0 Å². The van der Waals surface area contributed by atoms with Crippen LogP contribution >= 0.6 is 0 Å². The number of carbonyl (C=O) groups is 1. The second kappa shape index (κ2) is 9.69.